The maximum absolute atomic E-state index is 13.9. The summed E-state index contributed by atoms with van der Waals surface area (Å²) in [5, 5.41) is 12.8. The van der Waals surface area contributed by atoms with Gasteiger partial charge in [-0.25, -0.2) is 13.6 Å². The number of halogens is 2. The summed E-state index contributed by atoms with van der Waals surface area (Å²) in [6.07, 6.45) is 3.23. The van der Waals surface area contributed by atoms with E-state index in [0.29, 0.717) is 13.1 Å². The van der Waals surface area contributed by atoms with Crippen LogP contribution in [-0.2, 0) is 6.54 Å². The number of nitrogens with zero attached hydrogens (tertiary/aromatic N) is 3. The Balaban J connectivity index is 1.94. The molecule has 0 saturated carbocycles. The first-order valence-corrected chi connectivity index (χ1v) is 7.31. The molecule has 23 heavy (non-hydrogen) atoms. The highest BCUT2D eigenvalue weighted by Gasteiger charge is 2.21. The molecule has 8 heteroatoms. The summed E-state index contributed by atoms with van der Waals surface area (Å²) < 4.78 is 28.5. The Morgan fingerprint density at radius 3 is 2.74 bits per heavy atom. The van der Waals surface area contributed by atoms with E-state index in [1.54, 1.807) is 17.1 Å². The van der Waals surface area contributed by atoms with Crippen molar-refractivity contribution < 1.29 is 13.6 Å². The summed E-state index contributed by atoms with van der Waals surface area (Å²) in [6.45, 7) is 4.53. The molecular formula is C15H19F2N5O. The zero-order chi connectivity index (χ0) is 16.8. The van der Waals surface area contributed by atoms with E-state index in [1.807, 2.05) is 13.8 Å². The third-order valence-corrected chi connectivity index (χ3v) is 3.35. The van der Waals surface area contributed by atoms with Crippen molar-refractivity contribution in [2.45, 2.75) is 26.4 Å². The van der Waals surface area contributed by atoms with Crippen LogP contribution in [0.15, 0.2) is 30.6 Å². The van der Waals surface area contributed by atoms with Gasteiger partial charge in [0.05, 0.1) is 18.8 Å². The van der Waals surface area contributed by atoms with Gasteiger partial charge in [-0.3, -0.25) is 4.68 Å². The highest BCUT2D eigenvalue weighted by Crippen LogP contribution is 2.24. The molecule has 2 amide bonds. The Bertz CT molecular complexity index is 645. The lowest BCUT2D eigenvalue weighted by Crippen LogP contribution is -2.41. The van der Waals surface area contributed by atoms with Crippen LogP contribution < -0.4 is 10.6 Å². The quantitative estimate of drug-likeness (QED) is 0.856. The average molecular weight is 323 g/mol. The van der Waals surface area contributed by atoms with Crippen LogP contribution in [-0.4, -0.2) is 27.6 Å². The molecule has 1 unspecified atom stereocenters. The molecule has 1 atom stereocenters. The maximum atomic E-state index is 13.9. The van der Waals surface area contributed by atoms with Crippen LogP contribution in [0.1, 0.15) is 25.5 Å². The molecule has 0 bridgehead atoms. The van der Waals surface area contributed by atoms with E-state index in [1.165, 1.54) is 12.1 Å². The smallest absolute Gasteiger partial charge is 0.315 e. The van der Waals surface area contributed by atoms with E-state index in [-0.39, 0.29) is 11.5 Å². The van der Waals surface area contributed by atoms with Gasteiger partial charge in [0, 0.05) is 24.4 Å². The van der Waals surface area contributed by atoms with Crippen LogP contribution in [0.4, 0.5) is 13.6 Å². The van der Waals surface area contributed by atoms with Crippen molar-refractivity contribution in [2.75, 3.05) is 6.54 Å². The number of amides is 2. The maximum Gasteiger partial charge on any atom is 0.315 e. The third kappa shape index (κ3) is 4.73. The molecule has 0 fully saturated rings. The van der Waals surface area contributed by atoms with Gasteiger partial charge in [-0.15, -0.1) is 5.10 Å². The lowest BCUT2D eigenvalue weighted by molar-refractivity contribution is 0.232. The minimum absolute atomic E-state index is 0.0592. The van der Waals surface area contributed by atoms with E-state index < -0.39 is 23.7 Å². The normalized spacial score (nSPS) is 12.2. The average Bonchev–Trinajstić information content (AvgIpc) is 2.98. The number of rotatable bonds is 6. The summed E-state index contributed by atoms with van der Waals surface area (Å²) in [5.74, 6) is -1.38. The second-order valence-electron chi connectivity index (χ2n) is 5.45. The van der Waals surface area contributed by atoms with Gasteiger partial charge >= 0.3 is 6.03 Å². The summed E-state index contributed by atoms with van der Waals surface area (Å²) in [6, 6.07) is 2.37. The van der Waals surface area contributed by atoms with Crippen molar-refractivity contribution in [3.05, 3.63) is 47.8 Å². The van der Waals surface area contributed by atoms with Crippen molar-refractivity contribution in [3.63, 3.8) is 0 Å². The Hall–Kier alpha value is -2.51. The molecule has 6 nitrogen and oxygen atoms in total. The fourth-order valence-electron chi connectivity index (χ4n) is 2.19. The largest absolute Gasteiger partial charge is 0.336 e. The lowest BCUT2D eigenvalue weighted by atomic mass is 9.95. The fraction of sp³-hybridized carbons (Fsp3) is 0.400. The Morgan fingerprint density at radius 1 is 1.35 bits per heavy atom. The fourth-order valence-corrected chi connectivity index (χ4v) is 2.19. The topological polar surface area (TPSA) is 71.8 Å². The van der Waals surface area contributed by atoms with Crippen molar-refractivity contribution in [1.82, 2.24) is 25.6 Å². The zero-order valence-corrected chi connectivity index (χ0v) is 13.0. The molecule has 0 spiro atoms. The highest BCUT2D eigenvalue weighted by molar-refractivity contribution is 5.74. The SMILES string of the molecule is CC(C)C(NC(=O)NCCn1ccnn1)c1ccc(F)cc1F. The number of nitrogens with one attached hydrogen (secondary N) is 2. The van der Waals surface area contributed by atoms with Crippen molar-refractivity contribution in [3.8, 4) is 0 Å². The van der Waals surface area contributed by atoms with Crippen LogP contribution in [0.2, 0.25) is 0 Å². The first-order chi connectivity index (χ1) is 11.0. The number of hydrogen-bond acceptors (Lipinski definition) is 3. The second-order valence-corrected chi connectivity index (χ2v) is 5.45. The summed E-state index contributed by atoms with van der Waals surface area (Å²) in [4.78, 5) is 12.0. The Kier molecular flexibility index (Phi) is 5.61. The molecule has 2 N–H and O–H groups in total. The van der Waals surface area contributed by atoms with Crippen LogP contribution in [0.25, 0.3) is 0 Å². The molecular weight excluding hydrogens is 304 g/mol. The number of carbonyl (C=O) groups is 1. The molecule has 0 radical (unpaired) electrons. The van der Waals surface area contributed by atoms with Gasteiger partial charge in [0.1, 0.15) is 11.6 Å². The first-order valence-electron chi connectivity index (χ1n) is 7.31. The molecule has 1 aromatic heterocycles. The molecule has 2 rings (SSSR count). The summed E-state index contributed by atoms with van der Waals surface area (Å²) >= 11 is 0. The zero-order valence-electron chi connectivity index (χ0n) is 13.0. The number of urea groups is 1. The summed E-state index contributed by atoms with van der Waals surface area (Å²) in [7, 11) is 0. The van der Waals surface area contributed by atoms with Crippen molar-refractivity contribution in [2.24, 2.45) is 5.92 Å². The van der Waals surface area contributed by atoms with Crippen LogP contribution in [0.5, 0.6) is 0 Å². The van der Waals surface area contributed by atoms with E-state index >= 15 is 0 Å². The molecule has 0 aliphatic rings. The van der Waals surface area contributed by atoms with Crippen LogP contribution >= 0.6 is 0 Å². The van der Waals surface area contributed by atoms with E-state index in [0.717, 1.165) is 6.07 Å². The van der Waals surface area contributed by atoms with Gasteiger partial charge in [0.25, 0.3) is 0 Å². The third-order valence-electron chi connectivity index (χ3n) is 3.35. The van der Waals surface area contributed by atoms with Gasteiger partial charge in [-0.05, 0) is 12.0 Å². The molecule has 1 aromatic carbocycles. The Morgan fingerprint density at radius 2 is 2.13 bits per heavy atom. The number of aromatic nitrogens is 3. The van der Waals surface area contributed by atoms with Gasteiger partial charge in [-0.1, -0.05) is 25.1 Å². The van der Waals surface area contributed by atoms with Gasteiger partial charge in [-0.2, -0.15) is 0 Å². The molecule has 0 aliphatic carbocycles. The molecule has 2 aromatic rings. The first kappa shape index (κ1) is 16.9. The van der Waals surface area contributed by atoms with E-state index in [9.17, 15) is 13.6 Å². The standard InChI is InChI=1S/C15H19F2N5O/c1-10(2)14(12-4-3-11(16)9-13(12)17)20-15(23)18-5-7-22-8-6-19-21-22/h3-4,6,8-10,14H,5,7H2,1-2H3,(H2,18,20,23). The van der Waals surface area contributed by atoms with Crippen molar-refractivity contribution >= 4 is 6.03 Å². The van der Waals surface area contributed by atoms with Gasteiger partial charge < -0.3 is 10.6 Å². The van der Waals surface area contributed by atoms with Gasteiger partial charge in [0.15, 0.2) is 0 Å². The lowest BCUT2D eigenvalue weighted by Gasteiger charge is -2.23. The van der Waals surface area contributed by atoms with E-state index in [4.69, 9.17) is 0 Å². The number of carbonyl (C=O) groups excluding carboxylic acids is 1. The molecule has 0 aliphatic heterocycles. The van der Waals surface area contributed by atoms with E-state index in [2.05, 4.69) is 20.9 Å². The second kappa shape index (κ2) is 7.66. The van der Waals surface area contributed by atoms with Gasteiger partial charge in [0.2, 0.25) is 0 Å². The summed E-state index contributed by atoms with van der Waals surface area (Å²) in [5.41, 5.74) is 0.257. The minimum Gasteiger partial charge on any atom is -0.336 e. The molecule has 124 valence electrons. The van der Waals surface area contributed by atoms with Crippen LogP contribution in [0.3, 0.4) is 0 Å². The number of hydrogen-bond donors (Lipinski definition) is 2. The highest BCUT2D eigenvalue weighted by atomic mass is 19.1. The van der Waals surface area contributed by atoms with Crippen molar-refractivity contribution in [1.29, 1.82) is 0 Å². The Labute approximate surface area is 132 Å². The van der Waals surface area contributed by atoms with Crippen LogP contribution in [0, 0.1) is 17.6 Å². The molecule has 0 saturated heterocycles. The number of benzene rings is 1. The predicted octanol–water partition coefficient (Wildman–Crippen LogP) is 2.25. The monoisotopic (exact) mass is 323 g/mol. The predicted molar refractivity (Wildman–Crippen MR) is 80.5 cm³/mol. The molecule has 1 heterocycles. The minimum atomic E-state index is -0.674.